The first-order valence-electron chi connectivity index (χ1n) is 8.74. The summed E-state index contributed by atoms with van der Waals surface area (Å²) in [5.74, 6) is 0.437. The highest BCUT2D eigenvalue weighted by atomic mass is 16.5. The molecule has 1 amide bonds. The van der Waals surface area contributed by atoms with Gasteiger partial charge in [-0.3, -0.25) is 9.89 Å². The molecule has 1 saturated carbocycles. The summed E-state index contributed by atoms with van der Waals surface area (Å²) in [4.78, 5) is 12.0. The van der Waals surface area contributed by atoms with E-state index >= 15 is 0 Å². The zero-order valence-corrected chi connectivity index (χ0v) is 13.9. The van der Waals surface area contributed by atoms with E-state index < -0.39 is 0 Å². The molecule has 2 aromatic rings. The topological polar surface area (TPSA) is 67.0 Å². The Morgan fingerprint density at radius 3 is 2.96 bits per heavy atom. The third-order valence-electron chi connectivity index (χ3n) is 4.63. The van der Waals surface area contributed by atoms with Crippen molar-refractivity contribution in [2.75, 3.05) is 13.2 Å². The van der Waals surface area contributed by atoms with Crippen LogP contribution in [-0.4, -0.2) is 35.4 Å². The van der Waals surface area contributed by atoms with Crippen LogP contribution in [0, 0.1) is 5.92 Å². The molecule has 5 nitrogen and oxygen atoms in total. The molecule has 0 bridgehead atoms. The molecule has 24 heavy (non-hydrogen) atoms. The largest absolute Gasteiger partial charge is 0.378 e. The zero-order chi connectivity index (χ0) is 16.6. The molecule has 1 aromatic carbocycles. The van der Waals surface area contributed by atoms with Crippen LogP contribution >= 0.6 is 0 Å². The van der Waals surface area contributed by atoms with E-state index in [0.717, 1.165) is 32.3 Å². The maximum absolute atomic E-state index is 12.0. The number of hydrogen-bond donors (Lipinski definition) is 2. The third kappa shape index (κ3) is 4.93. The first kappa shape index (κ1) is 16.7. The first-order chi connectivity index (χ1) is 11.8. The van der Waals surface area contributed by atoms with Gasteiger partial charge in [-0.2, -0.15) is 5.10 Å². The predicted octanol–water partition coefficient (Wildman–Crippen LogP) is 2.96. The van der Waals surface area contributed by atoms with Crippen LogP contribution in [0.3, 0.4) is 0 Å². The van der Waals surface area contributed by atoms with Gasteiger partial charge in [-0.05, 0) is 37.2 Å². The molecular weight excluding hydrogens is 302 g/mol. The fourth-order valence-corrected chi connectivity index (χ4v) is 3.28. The lowest BCUT2D eigenvalue weighted by Crippen LogP contribution is -2.33. The molecule has 0 radical (unpaired) electrons. The number of rotatable bonds is 7. The van der Waals surface area contributed by atoms with Crippen molar-refractivity contribution in [3.63, 3.8) is 0 Å². The molecule has 1 heterocycles. The summed E-state index contributed by atoms with van der Waals surface area (Å²) in [7, 11) is 0. The highest BCUT2D eigenvalue weighted by molar-refractivity contribution is 5.93. The van der Waals surface area contributed by atoms with Crippen LogP contribution in [-0.2, 0) is 11.2 Å². The van der Waals surface area contributed by atoms with Crippen molar-refractivity contribution in [2.24, 2.45) is 5.92 Å². The molecule has 0 saturated heterocycles. The number of ether oxygens (including phenoxy) is 1. The van der Waals surface area contributed by atoms with Gasteiger partial charge in [-0.25, -0.2) is 0 Å². The minimum absolute atomic E-state index is 0.0594. The van der Waals surface area contributed by atoms with Gasteiger partial charge in [0.2, 0.25) is 0 Å². The first-order valence-corrected chi connectivity index (χ1v) is 8.74. The average molecular weight is 327 g/mol. The summed E-state index contributed by atoms with van der Waals surface area (Å²) in [6.45, 7) is 1.48. The number of nitrogens with zero attached hydrogens (tertiary/aromatic N) is 1. The number of aromatic nitrogens is 2. The van der Waals surface area contributed by atoms with Crippen molar-refractivity contribution < 1.29 is 9.53 Å². The summed E-state index contributed by atoms with van der Waals surface area (Å²) in [6.07, 6.45) is 8.92. The van der Waals surface area contributed by atoms with Gasteiger partial charge in [-0.1, -0.05) is 36.8 Å². The molecular formula is C19H25N3O2. The minimum atomic E-state index is -0.0594. The quantitative estimate of drug-likeness (QED) is 0.821. The van der Waals surface area contributed by atoms with Gasteiger partial charge in [0.05, 0.1) is 24.5 Å². The number of carbonyl (C=O) groups excluding carboxylic acids is 1. The van der Waals surface area contributed by atoms with Crippen molar-refractivity contribution in [2.45, 2.75) is 38.2 Å². The summed E-state index contributed by atoms with van der Waals surface area (Å²) >= 11 is 0. The van der Waals surface area contributed by atoms with E-state index in [-0.39, 0.29) is 5.91 Å². The second-order valence-electron chi connectivity index (χ2n) is 6.46. The van der Waals surface area contributed by atoms with Gasteiger partial charge in [0.1, 0.15) is 0 Å². The molecule has 2 atom stereocenters. The van der Waals surface area contributed by atoms with Crippen LogP contribution in [0.25, 0.3) is 0 Å². The molecule has 1 aliphatic carbocycles. The van der Waals surface area contributed by atoms with Gasteiger partial charge < -0.3 is 10.1 Å². The number of H-pyrrole nitrogens is 1. The van der Waals surface area contributed by atoms with Crippen molar-refractivity contribution >= 4 is 5.91 Å². The summed E-state index contributed by atoms with van der Waals surface area (Å²) in [5.41, 5.74) is 1.90. The Kier molecular flexibility index (Phi) is 6.01. The van der Waals surface area contributed by atoms with Crippen LogP contribution in [0.5, 0.6) is 0 Å². The molecule has 0 aliphatic heterocycles. The van der Waals surface area contributed by atoms with Gasteiger partial charge >= 0.3 is 0 Å². The van der Waals surface area contributed by atoms with Gasteiger partial charge in [0, 0.05) is 12.7 Å². The monoisotopic (exact) mass is 327 g/mol. The minimum Gasteiger partial charge on any atom is -0.378 e. The maximum Gasteiger partial charge on any atom is 0.254 e. The lowest BCUT2D eigenvalue weighted by atomic mass is 9.87. The lowest BCUT2D eigenvalue weighted by molar-refractivity contribution is 0.0147. The van der Waals surface area contributed by atoms with Gasteiger partial charge in [-0.15, -0.1) is 0 Å². The molecule has 3 rings (SSSR count). The Morgan fingerprint density at radius 1 is 1.29 bits per heavy atom. The van der Waals surface area contributed by atoms with Gasteiger partial charge in [0.25, 0.3) is 5.91 Å². The Morgan fingerprint density at radius 2 is 2.17 bits per heavy atom. The Balaban J connectivity index is 1.37. The van der Waals surface area contributed by atoms with Crippen molar-refractivity contribution in [1.29, 1.82) is 0 Å². The van der Waals surface area contributed by atoms with Gasteiger partial charge in [0.15, 0.2) is 0 Å². The predicted molar refractivity (Wildman–Crippen MR) is 92.8 cm³/mol. The molecule has 128 valence electrons. The number of nitrogens with one attached hydrogen (secondary N) is 2. The number of amides is 1. The molecule has 0 unspecified atom stereocenters. The van der Waals surface area contributed by atoms with Crippen LogP contribution in [0.15, 0.2) is 42.7 Å². The number of benzene rings is 1. The van der Waals surface area contributed by atoms with Crippen LogP contribution in [0.1, 0.15) is 41.6 Å². The van der Waals surface area contributed by atoms with E-state index in [1.54, 1.807) is 12.4 Å². The second kappa shape index (κ2) is 8.64. The van der Waals surface area contributed by atoms with E-state index in [1.807, 2.05) is 6.07 Å². The SMILES string of the molecule is O=C(NC[C@H]1CCC[C@@H](OCCc2ccccc2)C1)c1cn[nH]c1. The van der Waals surface area contributed by atoms with E-state index in [0.29, 0.717) is 24.1 Å². The summed E-state index contributed by atoms with van der Waals surface area (Å²) < 4.78 is 6.07. The molecule has 1 fully saturated rings. The second-order valence-corrected chi connectivity index (χ2v) is 6.46. The molecule has 2 N–H and O–H groups in total. The molecule has 1 aromatic heterocycles. The highest BCUT2D eigenvalue weighted by Crippen LogP contribution is 2.26. The zero-order valence-electron chi connectivity index (χ0n) is 13.9. The van der Waals surface area contributed by atoms with E-state index in [4.69, 9.17) is 4.74 Å². The molecule has 1 aliphatic rings. The van der Waals surface area contributed by atoms with E-state index in [9.17, 15) is 4.79 Å². The normalized spacial score (nSPS) is 20.7. The van der Waals surface area contributed by atoms with Crippen molar-refractivity contribution in [1.82, 2.24) is 15.5 Å². The Bertz CT molecular complexity index is 613. The highest BCUT2D eigenvalue weighted by Gasteiger charge is 2.23. The fourth-order valence-electron chi connectivity index (χ4n) is 3.28. The standard InChI is InChI=1S/C19H25N3O2/c23-19(17-13-21-22-14-17)20-12-16-7-4-8-18(11-16)24-10-9-15-5-2-1-3-6-15/h1-3,5-6,13-14,16,18H,4,7-12H2,(H,20,23)(H,21,22)/t16-,18+/m0/s1. The van der Waals surface area contributed by atoms with Crippen molar-refractivity contribution in [3.05, 3.63) is 53.9 Å². The smallest absolute Gasteiger partial charge is 0.254 e. The van der Waals surface area contributed by atoms with Crippen LogP contribution < -0.4 is 5.32 Å². The third-order valence-corrected chi connectivity index (χ3v) is 4.63. The Hall–Kier alpha value is -2.14. The van der Waals surface area contributed by atoms with Crippen LogP contribution in [0.4, 0.5) is 0 Å². The lowest BCUT2D eigenvalue weighted by Gasteiger charge is -2.29. The molecule has 5 heteroatoms. The van der Waals surface area contributed by atoms with Crippen molar-refractivity contribution in [3.8, 4) is 0 Å². The summed E-state index contributed by atoms with van der Waals surface area (Å²) in [6, 6.07) is 10.4. The average Bonchev–Trinajstić information content (AvgIpc) is 3.16. The van der Waals surface area contributed by atoms with E-state index in [2.05, 4.69) is 39.8 Å². The fraction of sp³-hybridized carbons (Fsp3) is 0.474. The Labute approximate surface area is 142 Å². The molecule has 0 spiro atoms. The van der Waals surface area contributed by atoms with Crippen LogP contribution in [0.2, 0.25) is 0 Å². The number of carbonyl (C=O) groups is 1. The maximum atomic E-state index is 12.0. The number of aromatic amines is 1. The summed E-state index contributed by atoms with van der Waals surface area (Å²) in [5, 5.41) is 9.47. The number of hydrogen-bond acceptors (Lipinski definition) is 3. The van der Waals surface area contributed by atoms with E-state index in [1.165, 1.54) is 12.0 Å².